The van der Waals surface area contributed by atoms with Gasteiger partial charge in [-0.1, -0.05) is 32.4 Å². The van der Waals surface area contributed by atoms with E-state index >= 15 is 0 Å². The molecule has 1 atom stereocenters. The first kappa shape index (κ1) is 22.0. The van der Waals surface area contributed by atoms with Crippen LogP contribution in [0.15, 0.2) is 36.4 Å². The average Bonchev–Trinajstić information content (AvgIpc) is 2.67. The Morgan fingerprint density at radius 1 is 1.23 bits per heavy atom. The molecular formula is C23H26ClNO5. The molecule has 1 heterocycles. The molecule has 3 rings (SSSR count). The summed E-state index contributed by atoms with van der Waals surface area (Å²) in [4.78, 5) is 23.7. The second-order valence-corrected chi connectivity index (χ2v) is 8.95. The lowest BCUT2D eigenvalue weighted by Crippen LogP contribution is -2.27. The molecule has 0 radical (unpaired) electrons. The van der Waals surface area contributed by atoms with Crippen LogP contribution in [0.5, 0.6) is 17.2 Å². The Morgan fingerprint density at radius 2 is 1.93 bits per heavy atom. The van der Waals surface area contributed by atoms with Crippen molar-refractivity contribution in [2.75, 3.05) is 13.2 Å². The van der Waals surface area contributed by atoms with Crippen molar-refractivity contribution >= 4 is 23.5 Å². The highest BCUT2D eigenvalue weighted by atomic mass is 35.5. The number of nitrogens with one attached hydrogen (secondary N) is 1. The monoisotopic (exact) mass is 431 g/mol. The maximum absolute atomic E-state index is 12.3. The van der Waals surface area contributed by atoms with Crippen molar-refractivity contribution in [3.63, 3.8) is 0 Å². The second-order valence-electron chi connectivity index (χ2n) is 8.54. The predicted molar refractivity (Wildman–Crippen MR) is 115 cm³/mol. The lowest BCUT2D eigenvalue weighted by molar-refractivity contribution is -0.139. The topological polar surface area (TPSA) is 84.9 Å². The second kappa shape index (κ2) is 8.96. The van der Waals surface area contributed by atoms with Crippen LogP contribution in [0.25, 0.3) is 0 Å². The lowest BCUT2D eigenvalue weighted by Gasteiger charge is -2.24. The maximum Gasteiger partial charge on any atom is 0.311 e. The first-order valence-corrected chi connectivity index (χ1v) is 10.3. The molecule has 0 saturated carbocycles. The first-order chi connectivity index (χ1) is 14.1. The minimum Gasteiger partial charge on any atom is -0.493 e. The number of carbonyl (C=O) groups excluding carboxylic acids is 1. The summed E-state index contributed by atoms with van der Waals surface area (Å²) in [6, 6.07) is 9.95. The number of carboxylic acid groups (broad SMARTS) is 1. The van der Waals surface area contributed by atoms with Crippen molar-refractivity contribution < 1.29 is 24.2 Å². The maximum atomic E-state index is 12.3. The summed E-state index contributed by atoms with van der Waals surface area (Å²) in [5.74, 6) is -0.344. The van der Waals surface area contributed by atoms with E-state index in [4.69, 9.17) is 21.1 Å². The van der Waals surface area contributed by atoms with E-state index in [2.05, 4.69) is 26.1 Å². The SMILES string of the molecule is CC(C)(C)CCNC(=O)c1ccc(Oc2cc3c(cc2Cl)C(C(=O)O)CCO3)cc1. The fourth-order valence-electron chi connectivity index (χ4n) is 3.18. The molecule has 0 saturated heterocycles. The zero-order chi connectivity index (χ0) is 21.9. The summed E-state index contributed by atoms with van der Waals surface area (Å²) >= 11 is 6.32. The quantitative estimate of drug-likeness (QED) is 0.652. The summed E-state index contributed by atoms with van der Waals surface area (Å²) in [6.45, 7) is 7.32. The number of amides is 1. The van der Waals surface area contributed by atoms with Crippen molar-refractivity contribution in [3.05, 3.63) is 52.5 Å². The van der Waals surface area contributed by atoms with Crippen LogP contribution in [0.4, 0.5) is 0 Å². The zero-order valence-electron chi connectivity index (χ0n) is 17.3. The molecule has 30 heavy (non-hydrogen) atoms. The van der Waals surface area contributed by atoms with Crippen molar-refractivity contribution in [1.29, 1.82) is 0 Å². The Balaban J connectivity index is 1.68. The van der Waals surface area contributed by atoms with E-state index in [1.54, 1.807) is 36.4 Å². The molecule has 1 aliphatic rings. The number of ether oxygens (including phenoxy) is 2. The lowest BCUT2D eigenvalue weighted by atomic mass is 9.92. The van der Waals surface area contributed by atoms with Gasteiger partial charge in [0, 0.05) is 23.7 Å². The van der Waals surface area contributed by atoms with Crippen molar-refractivity contribution in [2.24, 2.45) is 5.41 Å². The Kier molecular flexibility index (Phi) is 6.56. The van der Waals surface area contributed by atoms with E-state index in [9.17, 15) is 14.7 Å². The number of aliphatic carboxylic acids is 1. The molecule has 0 spiro atoms. The Morgan fingerprint density at radius 3 is 2.57 bits per heavy atom. The molecule has 7 heteroatoms. The van der Waals surface area contributed by atoms with Gasteiger partial charge in [-0.25, -0.2) is 0 Å². The van der Waals surface area contributed by atoms with E-state index in [1.165, 1.54) is 0 Å². The molecule has 0 aromatic heterocycles. The molecule has 1 amide bonds. The molecule has 2 aromatic carbocycles. The van der Waals surface area contributed by atoms with E-state index in [-0.39, 0.29) is 11.3 Å². The van der Waals surface area contributed by atoms with Crippen LogP contribution in [-0.2, 0) is 4.79 Å². The molecule has 2 aromatic rings. The molecule has 0 bridgehead atoms. The number of benzene rings is 2. The van der Waals surface area contributed by atoms with E-state index in [1.807, 2.05) is 0 Å². The van der Waals surface area contributed by atoms with E-state index in [0.29, 0.717) is 53.0 Å². The Labute approximate surface area is 181 Å². The number of hydrogen-bond acceptors (Lipinski definition) is 4. The van der Waals surface area contributed by atoms with Gasteiger partial charge in [0.15, 0.2) is 0 Å². The standard InChI is InChI=1S/C23H26ClNO5/c1-23(2,3)9-10-25-21(26)14-4-6-15(7-5-14)30-20-13-19-17(12-18(20)24)16(22(27)28)8-11-29-19/h4-7,12-13,16H,8-11H2,1-3H3,(H,25,26)(H,27,28). The minimum atomic E-state index is -0.902. The molecule has 1 unspecified atom stereocenters. The summed E-state index contributed by atoms with van der Waals surface area (Å²) in [7, 11) is 0. The van der Waals surface area contributed by atoms with Gasteiger partial charge in [-0.2, -0.15) is 0 Å². The average molecular weight is 432 g/mol. The number of fused-ring (bicyclic) bond motifs is 1. The fraction of sp³-hybridized carbons (Fsp3) is 0.391. The van der Waals surface area contributed by atoms with Crippen LogP contribution in [-0.4, -0.2) is 30.1 Å². The van der Waals surface area contributed by atoms with Crippen LogP contribution in [0, 0.1) is 5.41 Å². The van der Waals surface area contributed by atoms with Gasteiger partial charge in [-0.05, 0) is 48.6 Å². The number of carboxylic acids is 1. The molecule has 2 N–H and O–H groups in total. The third kappa shape index (κ3) is 5.45. The van der Waals surface area contributed by atoms with Gasteiger partial charge in [0.05, 0.1) is 17.5 Å². The van der Waals surface area contributed by atoms with Gasteiger partial charge in [-0.15, -0.1) is 0 Å². The number of halogens is 1. The highest BCUT2D eigenvalue weighted by Crippen LogP contribution is 2.41. The summed E-state index contributed by atoms with van der Waals surface area (Å²) in [6.07, 6.45) is 1.29. The number of carbonyl (C=O) groups is 2. The molecule has 160 valence electrons. The van der Waals surface area contributed by atoms with E-state index < -0.39 is 11.9 Å². The van der Waals surface area contributed by atoms with Crippen LogP contribution >= 0.6 is 11.6 Å². The Hall–Kier alpha value is -2.73. The molecule has 0 fully saturated rings. The summed E-state index contributed by atoms with van der Waals surface area (Å²) < 4.78 is 11.4. The number of rotatable bonds is 6. The van der Waals surface area contributed by atoms with Crippen molar-refractivity contribution in [2.45, 2.75) is 39.5 Å². The summed E-state index contributed by atoms with van der Waals surface area (Å²) in [5.41, 5.74) is 1.25. The van der Waals surface area contributed by atoms with Crippen LogP contribution in [0.1, 0.15) is 55.5 Å². The van der Waals surface area contributed by atoms with Crippen molar-refractivity contribution in [1.82, 2.24) is 5.32 Å². The third-order valence-corrected chi connectivity index (χ3v) is 5.20. The zero-order valence-corrected chi connectivity index (χ0v) is 18.1. The van der Waals surface area contributed by atoms with Gasteiger partial charge >= 0.3 is 5.97 Å². The van der Waals surface area contributed by atoms with Crippen LogP contribution in [0.3, 0.4) is 0 Å². The Bertz CT molecular complexity index is 934. The fourth-order valence-corrected chi connectivity index (χ4v) is 3.39. The molecule has 0 aliphatic carbocycles. The van der Waals surface area contributed by atoms with Gasteiger partial charge in [0.25, 0.3) is 5.91 Å². The van der Waals surface area contributed by atoms with Crippen LogP contribution < -0.4 is 14.8 Å². The molecule has 6 nitrogen and oxygen atoms in total. The van der Waals surface area contributed by atoms with Crippen molar-refractivity contribution in [3.8, 4) is 17.2 Å². The van der Waals surface area contributed by atoms with E-state index in [0.717, 1.165) is 6.42 Å². The smallest absolute Gasteiger partial charge is 0.311 e. The third-order valence-electron chi connectivity index (χ3n) is 4.91. The largest absolute Gasteiger partial charge is 0.493 e. The van der Waals surface area contributed by atoms with Gasteiger partial charge in [-0.3, -0.25) is 9.59 Å². The highest BCUT2D eigenvalue weighted by molar-refractivity contribution is 6.32. The van der Waals surface area contributed by atoms with Gasteiger partial charge in [0.1, 0.15) is 17.2 Å². The van der Waals surface area contributed by atoms with Gasteiger partial charge in [0.2, 0.25) is 0 Å². The number of hydrogen-bond donors (Lipinski definition) is 2. The minimum absolute atomic E-state index is 0.134. The first-order valence-electron chi connectivity index (χ1n) is 9.89. The summed E-state index contributed by atoms with van der Waals surface area (Å²) in [5, 5.41) is 12.6. The molecular weight excluding hydrogens is 406 g/mol. The van der Waals surface area contributed by atoms with Gasteiger partial charge < -0.3 is 19.9 Å². The molecule has 1 aliphatic heterocycles. The highest BCUT2D eigenvalue weighted by Gasteiger charge is 2.29. The van der Waals surface area contributed by atoms with Crippen LogP contribution in [0.2, 0.25) is 5.02 Å². The predicted octanol–water partition coefficient (Wildman–Crippen LogP) is 5.25. The normalized spacial score (nSPS) is 15.7.